The summed E-state index contributed by atoms with van der Waals surface area (Å²) >= 11 is 0. The fourth-order valence-electron chi connectivity index (χ4n) is 1.73. The lowest BCUT2D eigenvalue weighted by atomic mass is 9.92. The van der Waals surface area contributed by atoms with Gasteiger partial charge in [0.15, 0.2) is 0 Å². The highest BCUT2D eigenvalue weighted by atomic mass is 14.9. The summed E-state index contributed by atoms with van der Waals surface area (Å²) in [6.45, 7) is 7.68. The highest BCUT2D eigenvalue weighted by molar-refractivity contribution is 5.01. The lowest BCUT2D eigenvalue weighted by Crippen LogP contribution is -2.35. The van der Waals surface area contributed by atoms with Crippen LogP contribution in [0.4, 0.5) is 0 Å². The van der Waals surface area contributed by atoms with Crippen LogP contribution in [0.15, 0.2) is 0 Å². The van der Waals surface area contributed by atoms with Gasteiger partial charge < -0.3 is 5.32 Å². The van der Waals surface area contributed by atoms with Gasteiger partial charge >= 0.3 is 0 Å². The van der Waals surface area contributed by atoms with E-state index in [1.54, 1.807) is 0 Å². The molecule has 0 aromatic rings. The molecule has 82 valence electrons. The van der Waals surface area contributed by atoms with Crippen molar-refractivity contribution in [2.24, 2.45) is 5.92 Å². The van der Waals surface area contributed by atoms with Crippen molar-refractivity contribution in [3.8, 4) is 12.3 Å². The van der Waals surface area contributed by atoms with Crippen LogP contribution in [-0.4, -0.2) is 12.6 Å². The van der Waals surface area contributed by atoms with Gasteiger partial charge in [0.25, 0.3) is 0 Å². The summed E-state index contributed by atoms with van der Waals surface area (Å²) in [7, 11) is 0. The predicted molar refractivity (Wildman–Crippen MR) is 64.2 cm³/mol. The van der Waals surface area contributed by atoms with Crippen molar-refractivity contribution in [1.82, 2.24) is 5.32 Å². The first kappa shape index (κ1) is 13.5. The topological polar surface area (TPSA) is 12.0 Å². The number of hydrogen-bond donors (Lipinski definition) is 1. The van der Waals surface area contributed by atoms with E-state index < -0.39 is 0 Å². The van der Waals surface area contributed by atoms with E-state index in [1.165, 1.54) is 25.7 Å². The quantitative estimate of drug-likeness (QED) is 0.586. The van der Waals surface area contributed by atoms with Crippen LogP contribution in [0.1, 0.15) is 52.9 Å². The van der Waals surface area contributed by atoms with Gasteiger partial charge in [0.2, 0.25) is 0 Å². The fraction of sp³-hybridized carbons (Fsp3) is 0.846. The SMILES string of the molecule is C#CC(NCCC)C(CC)CCCC. The molecule has 1 N–H and O–H groups in total. The number of rotatable bonds is 8. The Bertz CT molecular complexity index is 157. The minimum absolute atomic E-state index is 0.284. The number of unbranched alkanes of at least 4 members (excludes halogenated alkanes) is 1. The fourth-order valence-corrected chi connectivity index (χ4v) is 1.73. The third-order valence-corrected chi connectivity index (χ3v) is 2.72. The Kier molecular flexibility index (Phi) is 8.78. The molecule has 0 fully saturated rings. The second-order valence-electron chi connectivity index (χ2n) is 3.91. The lowest BCUT2D eigenvalue weighted by Gasteiger charge is -2.22. The van der Waals surface area contributed by atoms with E-state index >= 15 is 0 Å². The Balaban J connectivity index is 3.95. The average Bonchev–Trinajstić information content (AvgIpc) is 2.23. The maximum Gasteiger partial charge on any atom is 0.0715 e. The van der Waals surface area contributed by atoms with Gasteiger partial charge in [-0.25, -0.2) is 0 Å². The molecule has 0 rings (SSSR count). The predicted octanol–water partition coefficient (Wildman–Crippen LogP) is 3.20. The van der Waals surface area contributed by atoms with Gasteiger partial charge in [-0.05, 0) is 25.3 Å². The van der Waals surface area contributed by atoms with Gasteiger partial charge in [-0.3, -0.25) is 0 Å². The van der Waals surface area contributed by atoms with E-state index in [0.717, 1.165) is 13.0 Å². The van der Waals surface area contributed by atoms with Crippen LogP contribution in [0.2, 0.25) is 0 Å². The molecule has 14 heavy (non-hydrogen) atoms. The van der Waals surface area contributed by atoms with Crippen LogP contribution >= 0.6 is 0 Å². The van der Waals surface area contributed by atoms with Crippen molar-refractivity contribution in [2.75, 3.05) is 6.54 Å². The zero-order chi connectivity index (χ0) is 10.8. The maximum absolute atomic E-state index is 5.55. The molecule has 0 saturated heterocycles. The van der Waals surface area contributed by atoms with E-state index in [4.69, 9.17) is 6.42 Å². The Morgan fingerprint density at radius 2 is 1.93 bits per heavy atom. The van der Waals surface area contributed by atoms with E-state index in [9.17, 15) is 0 Å². The minimum atomic E-state index is 0.284. The molecule has 0 bridgehead atoms. The highest BCUT2D eigenvalue weighted by Gasteiger charge is 2.15. The van der Waals surface area contributed by atoms with Crippen LogP contribution in [0.5, 0.6) is 0 Å². The van der Waals surface area contributed by atoms with E-state index in [1.807, 2.05) is 0 Å². The van der Waals surface area contributed by atoms with Gasteiger partial charge in [-0.15, -0.1) is 6.42 Å². The summed E-state index contributed by atoms with van der Waals surface area (Å²) in [4.78, 5) is 0. The van der Waals surface area contributed by atoms with Gasteiger partial charge in [0.05, 0.1) is 6.04 Å². The summed E-state index contributed by atoms with van der Waals surface area (Å²) < 4.78 is 0. The van der Waals surface area contributed by atoms with Gasteiger partial charge in [-0.2, -0.15) is 0 Å². The monoisotopic (exact) mass is 195 g/mol. The van der Waals surface area contributed by atoms with Crippen molar-refractivity contribution in [2.45, 2.75) is 58.9 Å². The molecule has 1 heteroatoms. The normalized spacial score (nSPS) is 14.7. The Hall–Kier alpha value is -0.480. The standard InChI is InChI=1S/C13H25N/c1-5-9-10-12(7-3)13(8-4)14-11-6-2/h4,12-14H,5-7,9-11H2,1-3H3. The summed E-state index contributed by atoms with van der Waals surface area (Å²) in [5.74, 6) is 3.54. The maximum atomic E-state index is 5.55. The second kappa shape index (κ2) is 9.09. The van der Waals surface area contributed by atoms with Crippen molar-refractivity contribution >= 4 is 0 Å². The number of hydrogen-bond acceptors (Lipinski definition) is 1. The molecular weight excluding hydrogens is 170 g/mol. The van der Waals surface area contributed by atoms with E-state index in [-0.39, 0.29) is 6.04 Å². The third-order valence-electron chi connectivity index (χ3n) is 2.72. The Morgan fingerprint density at radius 1 is 1.21 bits per heavy atom. The van der Waals surface area contributed by atoms with Crippen LogP contribution in [0, 0.1) is 18.3 Å². The summed E-state index contributed by atoms with van der Waals surface area (Å²) in [5.41, 5.74) is 0. The first-order chi connectivity index (χ1) is 6.79. The molecule has 0 aliphatic rings. The van der Waals surface area contributed by atoms with Gasteiger partial charge in [0.1, 0.15) is 0 Å². The molecular formula is C13H25N. The smallest absolute Gasteiger partial charge is 0.0715 e. The molecule has 0 spiro atoms. The molecule has 0 amide bonds. The first-order valence-corrected chi connectivity index (χ1v) is 5.99. The Morgan fingerprint density at radius 3 is 2.36 bits per heavy atom. The molecule has 2 unspecified atom stereocenters. The molecule has 0 aromatic heterocycles. The number of terminal acetylenes is 1. The second-order valence-corrected chi connectivity index (χ2v) is 3.91. The van der Waals surface area contributed by atoms with Gasteiger partial charge in [0, 0.05) is 0 Å². The zero-order valence-corrected chi connectivity index (χ0v) is 9.97. The van der Waals surface area contributed by atoms with Crippen molar-refractivity contribution < 1.29 is 0 Å². The molecule has 0 radical (unpaired) electrons. The van der Waals surface area contributed by atoms with Crippen LogP contribution in [-0.2, 0) is 0 Å². The number of nitrogens with one attached hydrogen (secondary N) is 1. The van der Waals surface area contributed by atoms with Gasteiger partial charge in [-0.1, -0.05) is 46.0 Å². The van der Waals surface area contributed by atoms with E-state index in [2.05, 4.69) is 32.0 Å². The van der Waals surface area contributed by atoms with Crippen LogP contribution in [0.25, 0.3) is 0 Å². The van der Waals surface area contributed by atoms with Crippen LogP contribution < -0.4 is 5.32 Å². The molecule has 0 aliphatic heterocycles. The van der Waals surface area contributed by atoms with Crippen molar-refractivity contribution in [1.29, 1.82) is 0 Å². The molecule has 0 aliphatic carbocycles. The largest absolute Gasteiger partial charge is 0.303 e. The molecule has 0 aromatic carbocycles. The van der Waals surface area contributed by atoms with Crippen LogP contribution in [0.3, 0.4) is 0 Å². The first-order valence-electron chi connectivity index (χ1n) is 5.99. The summed E-state index contributed by atoms with van der Waals surface area (Å²) in [6, 6.07) is 0.284. The summed E-state index contributed by atoms with van der Waals surface area (Å²) in [6.07, 6.45) is 11.7. The molecule has 2 atom stereocenters. The third kappa shape index (κ3) is 5.29. The molecule has 0 heterocycles. The molecule has 1 nitrogen and oxygen atoms in total. The molecule has 0 saturated carbocycles. The average molecular weight is 195 g/mol. The van der Waals surface area contributed by atoms with E-state index in [0.29, 0.717) is 5.92 Å². The Labute approximate surface area is 89.7 Å². The summed E-state index contributed by atoms with van der Waals surface area (Å²) in [5, 5.41) is 3.44. The zero-order valence-electron chi connectivity index (χ0n) is 9.97. The lowest BCUT2D eigenvalue weighted by molar-refractivity contribution is 0.370. The minimum Gasteiger partial charge on any atom is -0.303 e. The van der Waals surface area contributed by atoms with Crippen molar-refractivity contribution in [3.05, 3.63) is 0 Å². The van der Waals surface area contributed by atoms with Crippen molar-refractivity contribution in [3.63, 3.8) is 0 Å². The highest BCUT2D eigenvalue weighted by Crippen LogP contribution is 2.16.